The molecule has 1 unspecified atom stereocenters. The van der Waals surface area contributed by atoms with Crippen molar-refractivity contribution in [3.8, 4) is 23.3 Å². The van der Waals surface area contributed by atoms with Crippen molar-refractivity contribution < 1.29 is 14.2 Å². The molecule has 3 aromatic rings. The number of aromatic nitrogens is 1. The van der Waals surface area contributed by atoms with Gasteiger partial charge in [0.15, 0.2) is 0 Å². The molecule has 7 heteroatoms. The van der Waals surface area contributed by atoms with Crippen LogP contribution in [0.15, 0.2) is 70.8 Å². The van der Waals surface area contributed by atoms with Gasteiger partial charge in [-0.15, -0.1) is 0 Å². The van der Waals surface area contributed by atoms with Gasteiger partial charge in [-0.05, 0) is 55.7 Å². The molecule has 1 aromatic heterocycles. The molecule has 0 bridgehead atoms. The molecule has 0 saturated carbocycles. The monoisotopic (exact) mass is 457 g/mol. The van der Waals surface area contributed by atoms with Crippen LogP contribution in [0.4, 0.5) is 0 Å². The number of hydrogen-bond donors (Lipinski definition) is 1. The maximum Gasteiger partial charge on any atom is 0.258 e. The summed E-state index contributed by atoms with van der Waals surface area (Å²) >= 11 is 0. The molecule has 0 aliphatic carbocycles. The Morgan fingerprint density at radius 3 is 2.41 bits per heavy atom. The highest BCUT2D eigenvalue weighted by atomic mass is 16.5. The molecule has 0 fully saturated rings. The van der Waals surface area contributed by atoms with Gasteiger partial charge in [0, 0.05) is 18.3 Å². The number of fused-ring (bicyclic) bond motifs is 1. The van der Waals surface area contributed by atoms with Crippen LogP contribution in [-0.2, 0) is 13.0 Å². The van der Waals surface area contributed by atoms with Gasteiger partial charge in [-0.2, -0.15) is 5.26 Å². The third-order valence-electron chi connectivity index (χ3n) is 6.00. The van der Waals surface area contributed by atoms with Crippen LogP contribution in [0.25, 0.3) is 0 Å². The summed E-state index contributed by atoms with van der Waals surface area (Å²) in [5.74, 6) is 1.29. The van der Waals surface area contributed by atoms with Crippen molar-refractivity contribution >= 4 is 0 Å². The molecule has 0 saturated heterocycles. The molecular weight excluding hydrogens is 430 g/mol. The van der Waals surface area contributed by atoms with Gasteiger partial charge < -0.3 is 24.5 Å². The molecule has 0 radical (unpaired) electrons. The molecule has 7 nitrogen and oxygen atoms in total. The number of pyridine rings is 1. The second kappa shape index (κ2) is 9.75. The lowest BCUT2D eigenvalue weighted by Crippen LogP contribution is -2.33. The van der Waals surface area contributed by atoms with E-state index in [9.17, 15) is 10.1 Å². The number of allylic oxidation sites excluding steroid dienone is 1. The highest BCUT2D eigenvalue weighted by Gasteiger charge is 2.34. The van der Waals surface area contributed by atoms with Crippen molar-refractivity contribution in [1.82, 2.24) is 4.57 Å². The van der Waals surface area contributed by atoms with Gasteiger partial charge in [0.1, 0.15) is 28.9 Å². The first kappa shape index (κ1) is 23.0. The first-order valence-corrected chi connectivity index (χ1v) is 11.1. The van der Waals surface area contributed by atoms with E-state index in [2.05, 4.69) is 6.07 Å². The standard InChI is InChI=1S/C27H27N3O4/c1-4-33-21-11-7-19(8-12-21)24-22(16-28)26(29)34-23-15-17(2)30(27(31)25(23)24)14-13-18-5-9-20(32-3)10-6-18/h5-12,15,24H,4,13-14,29H2,1-3H3. The van der Waals surface area contributed by atoms with Crippen LogP contribution in [0.2, 0.25) is 0 Å². The minimum Gasteiger partial charge on any atom is -0.497 e. The fraction of sp³-hybridized carbons (Fsp3) is 0.259. The predicted molar refractivity (Wildman–Crippen MR) is 129 cm³/mol. The van der Waals surface area contributed by atoms with Gasteiger partial charge in [-0.1, -0.05) is 24.3 Å². The van der Waals surface area contributed by atoms with Crippen molar-refractivity contribution in [2.24, 2.45) is 5.73 Å². The Kier molecular flexibility index (Phi) is 6.60. The van der Waals surface area contributed by atoms with Crippen molar-refractivity contribution in [2.75, 3.05) is 13.7 Å². The molecule has 34 heavy (non-hydrogen) atoms. The van der Waals surface area contributed by atoms with Crippen molar-refractivity contribution in [3.63, 3.8) is 0 Å². The number of benzene rings is 2. The second-order valence-electron chi connectivity index (χ2n) is 8.05. The number of rotatable bonds is 7. The Labute approximate surface area is 198 Å². The molecule has 174 valence electrons. The van der Waals surface area contributed by atoms with Crippen LogP contribution < -0.4 is 25.5 Å². The van der Waals surface area contributed by atoms with E-state index >= 15 is 0 Å². The first-order valence-electron chi connectivity index (χ1n) is 11.1. The molecule has 4 rings (SSSR count). The van der Waals surface area contributed by atoms with E-state index in [4.69, 9.17) is 19.9 Å². The van der Waals surface area contributed by atoms with Crippen LogP contribution in [-0.4, -0.2) is 18.3 Å². The Hall–Kier alpha value is -4.18. The van der Waals surface area contributed by atoms with Crippen molar-refractivity contribution in [3.05, 3.63) is 98.8 Å². The Morgan fingerprint density at radius 2 is 1.79 bits per heavy atom. The molecule has 1 aliphatic rings. The third kappa shape index (κ3) is 4.35. The molecule has 0 spiro atoms. The largest absolute Gasteiger partial charge is 0.497 e. The Morgan fingerprint density at radius 1 is 1.12 bits per heavy atom. The van der Waals surface area contributed by atoms with Gasteiger partial charge in [-0.25, -0.2) is 0 Å². The van der Waals surface area contributed by atoms with E-state index in [0.29, 0.717) is 30.9 Å². The number of nitrogens with two attached hydrogens (primary N) is 1. The minimum atomic E-state index is -0.621. The van der Waals surface area contributed by atoms with E-state index in [0.717, 1.165) is 28.3 Å². The number of aryl methyl sites for hydroxylation is 2. The average Bonchev–Trinajstić information content (AvgIpc) is 2.84. The zero-order valence-corrected chi connectivity index (χ0v) is 19.5. The maximum atomic E-state index is 13.7. The fourth-order valence-corrected chi connectivity index (χ4v) is 4.25. The second-order valence-corrected chi connectivity index (χ2v) is 8.05. The van der Waals surface area contributed by atoms with Crippen LogP contribution >= 0.6 is 0 Å². The summed E-state index contributed by atoms with van der Waals surface area (Å²) in [7, 11) is 1.63. The van der Waals surface area contributed by atoms with Gasteiger partial charge in [-0.3, -0.25) is 4.79 Å². The fourth-order valence-electron chi connectivity index (χ4n) is 4.25. The van der Waals surface area contributed by atoms with Crippen LogP contribution in [0.1, 0.15) is 35.2 Å². The van der Waals surface area contributed by atoms with E-state index in [1.165, 1.54) is 0 Å². The Balaban J connectivity index is 1.75. The lowest BCUT2D eigenvalue weighted by Gasteiger charge is -2.27. The number of hydrogen-bond acceptors (Lipinski definition) is 6. The zero-order valence-electron chi connectivity index (χ0n) is 19.5. The van der Waals surface area contributed by atoms with Crippen LogP contribution in [0.3, 0.4) is 0 Å². The van der Waals surface area contributed by atoms with E-state index in [-0.39, 0.29) is 17.0 Å². The summed E-state index contributed by atoms with van der Waals surface area (Å²) in [5.41, 5.74) is 9.16. The molecule has 1 aliphatic heterocycles. The maximum absolute atomic E-state index is 13.7. The summed E-state index contributed by atoms with van der Waals surface area (Å²) in [6.45, 7) is 4.82. The van der Waals surface area contributed by atoms with Gasteiger partial charge in [0.05, 0.1) is 25.2 Å². The highest BCUT2D eigenvalue weighted by molar-refractivity contribution is 5.55. The molecule has 0 amide bonds. The number of ether oxygens (including phenoxy) is 3. The summed E-state index contributed by atoms with van der Waals surface area (Å²) in [4.78, 5) is 13.7. The zero-order chi connectivity index (χ0) is 24.2. The topological polar surface area (TPSA) is 99.5 Å². The summed E-state index contributed by atoms with van der Waals surface area (Å²) in [6, 6.07) is 19.1. The van der Waals surface area contributed by atoms with Gasteiger partial charge in [0.2, 0.25) is 5.88 Å². The summed E-state index contributed by atoms with van der Waals surface area (Å²) < 4.78 is 18.2. The quantitative estimate of drug-likeness (QED) is 0.575. The Bertz CT molecular complexity index is 1320. The third-order valence-corrected chi connectivity index (χ3v) is 6.00. The van der Waals surface area contributed by atoms with E-state index < -0.39 is 5.92 Å². The number of methoxy groups -OCH3 is 1. The normalized spacial score (nSPS) is 14.7. The summed E-state index contributed by atoms with van der Waals surface area (Å²) in [5, 5.41) is 9.86. The lowest BCUT2D eigenvalue weighted by atomic mass is 9.84. The number of nitrogens with zero attached hydrogens (tertiary/aromatic N) is 2. The van der Waals surface area contributed by atoms with E-state index in [1.54, 1.807) is 11.7 Å². The first-order chi connectivity index (χ1) is 16.5. The van der Waals surface area contributed by atoms with Crippen LogP contribution in [0.5, 0.6) is 17.2 Å². The lowest BCUT2D eigenvalue weighted by molar-refractivity contribution is 0.340. The van der Waals surface area contributed by atoms with Crippen LogP contribution in [0, 0.1) is 18.3 Å². The number of nitriles is 1. The minimum absolute atomic E-state index is 0.0173. The smallest absolute Gasteiger partial charge is 0.258 e. The predicted octanol–water partition coefficient (Wildman–Crippen LogP) is 4.02. The molecule has 1 atom stereocenters. The highest BCUT2D eigenvalue weighted by Crippen LogP contribution is 2.40. The SMILES string of the molecule is CCOc1ccc(C2C(C#N)=C(N)Oc3cc(C)n(CCc4ccc(OC)cc4)c(=O)c32)cc1. The van der Waals surface area contributed by atoms with Gasteiger partial charge in [0.25, 0.3) is 5.56 Å². The molecular formula is C27H27N3O4. The average molecular weight is 458 g/mol. The van der Waals surface area contributed by atoms with Crippen molar-refractivity contribution in [1.29, 1.82) is 5.26 Å². The molecule has 2 aromatic carbocycles. The van der Waals surface area contributed by atoms with E-state index in [1.807, 2.05) is 68.4 Å². The van der Waals surface area contributed by atoms with Crippen molar-refractivity contribution in [2.45, 2.75) is 32.7 Å². The molecule has 2 heterocycles. The molecule has 2 N–H and O–H groups in total. The summed E-state index contributed by atoms with van der Waals surface area (Å²) in [6.07, 6.45) is 0.668. The van der Waals surface area contributed by atoms with Gasteiger partial charge >= 0.3 is 0 Å².